The molecule has 1 aliphatic carbocycles. The number of rotatable bonds is 4. The predicted octanol–water partition coefficient (Wildman–Crippen LogP) is 5.55. The molecule has 3 aromatic rings. The van der Waals surface area contributed by atoms with E-state index < -0.39 is 0 Å². The zero-order valence-corrected chi connectivity index (χ0v) is 18.2. The Hall–Kier alpha value is -2.86. The summed E-state index contributed by atoms with van der Waals surface area (Å²) in [6.45, 7) is 2.06. The molecule has 1 amide bonds. The van der Waals surface area contributed by atoms with Gasteiger partial charge in [0.1, 0.15) is 0 Å². The number of anilines is 1. The Labute approximate surface area is 183 Å². The van der Waals surface area contributed by atoms with Crippen LogP contribution in [0.4, 0.5) is 11.5 Å². The van der Waals surface area contributed by atoms with Crippen LogP contribution in [0.1, 0.15) is 46.4 Å². The topological polar surface area (TPSA) is 67.2 Å². The van der Waals surface area contributed by atoms with E-state index in [1.54, 1.807) is 18.3 Å². The minimum atomic E-state index is -0.152. The highest BCUT2D eigenvalue weighted by Crippen LogP contribution is 2.47. The molecule has 0 radical (unpaired) electrons. The third kappa shape index (κ3) is 3.35. The molecule has 6 heteroatoms. The van der Waals surface area contributed by atoms with Crippen LogP contribution in [0.3, 0.4) is 0 Å². The van der Waals surface area contributed by atoms with E-state index >= 15 is 0 Å². The van der Waals surface area contributed by atoms with Crippen LogP contribution in [-0.2, 0) is 11.8 Å². The second kappa shape index (κ2) is 7.43. The number of halogens is 1. The highest BCUT2D eigenvalue weighted by Gasteiger charge is 2.46. The number of nitrogens with zero attached hydrogens (tertiary/aromatic N) is 3. The van der Waals surface area contributed by atoms with Crippen molar-refractivity contribution < 1.29 is 4.79 Å². The Bertz CT molecular complexity index is 1170. The van der Waals surface area contributed by atoms with Crippen LogP contribution < -0.4 is 5.32 Å². The standard InChI is InChI=1S/C24H21BrN4O/c1-15-10-17-12-21(29-22(17)27-13-15)24(8-3-9-24)20-7-6-19(14-26-20)28-23(30)16-4-2-5-18(25)11-16/h2,4-7,10-11,13-14H,3,8-9,12H2,1H3,(H,28,30). The molecule has 2 aromatic heterocycles. The highest BCUT2D eigenvalue weighted by molar-refractivity contribution is 9.10. The van der Waals surface area contributed by atoms with Crippen LogP contribution in [0.2, 0.25) is 0 Å². The van der Waals surface area contributed by atoms with E-state index in [2.05, 4.69) is 39.2 Å². The minimum absolute atomic E-state index is 0.110. The fourth-order valence-electron chi connectivity index (χ4n) is 4.28. The van der Waals surface area contributed by atoms with Gasteiger partial charge in [-0.15, -0.1) is 0 Å². The van der Waals surface area contributed by atoms with Crippen molar-refractivity contribution in [1.82, 2.24) is 9.97 Å². The SMILES string of the molecule is Cc1cnc2c(c1)CC(C1(c3ccc(NC(=O)c4cccc(Br)c4)cn3)CCC1)=N2. The fourth-order valence-corrected chi connectivity index (χ4v) is 4.68. The summed E-state index contributed by atoms with van der Waals surface area (Å²) in [6.07, 6.45) is 7.74. The lowest BCUT2D eigenvalue weighted by molar-refractivity contribution is 0.102. The van der Waals surface area contributed by atoms with Gasteiger partial charge in [0, 0.05) is 33.9 Å². The number of pyridine rings is 2. The first-order valence-corrected chi connectivity index (χ1v) is 10.9. The van der Waals surface area contributed by atoms with Crippen molar-refractivity contribution in [3.05, 3.63) is 81.7 Å². The van der Waals surface area contributed by atoms with E-state index in [1.807, 2.05) is 30.5 Å². The zero-order chi connectivity index (χ0) is 20.7. The summed E-state index contributed by atoms with van der Waals surface area (Å²) in [7, 11) is 0. The van der Waals surface area contributed by atoms with Crippen molar-refractivity contribution >= 4 is 39.1 Å². The summed E-state index contributed by atoms with van der Waals surface area (Å²) in [5.74, 6) is 0.695. The maximum Gasteiger partial charge on any atom is 0.255 e. The minimum Gasteiger partial charge on any atom is -0.321 e. The normalized spacial score (nSPS) is 16.4. The quantitative estimate of drug-likeness (QED) is 0.554. The second-order valence-electron chi connectivity index (χ2n) is 8.06. The van der Waals surface area contributed by atoms with Crippen LogP contribution >= 0.6 is 15.9 Å². The summed E-state index contributed by atoms with van der Waals surface area (Å²) in [5, 5.41) is 2.93. The van der Waals surface area contributed by atoms with Gasteiger partial charge in [-0.05, 0) is 55.7 Å². The molecular weight excluding hydrogens is 440 g/mol. The Morgan fingerprint density at radius 3 is 2.67 bits per heavy atom. The number of carbonyl (C=O) groups excluding carboxylic acids is 1. The summed E-state index contributed by atoms with van der Waals surface area (Å²) in [5.41, 5.74) is 5.74. The van der Waals surface area contributed by atoms with Crippen LogP contribution in [0.15, 0.2) is 64.3 Å². The van der Waals surface area contributed by atoms with E-state index in [4.69, 9.17) is 9.98 Å². The van der Waals surface area contributed by atoms with Crippen LogP contribution in [0, 0.1) is 6.92 Å². The number of hydrogen-bond acceptors (Lipinski definition) is 4. The van der Waals surface area contributed by atoms with Crippen molar-refractivity contribution in [3.8, 4) is 0 Å². The predicted molar refractivity (Wildman–Crippen MR) is 122 cm³/mol. The average molecular weight is 461 g/mol. The summed E-state index contributed by atoms with van der Waals surface area (Å²) in [4.78, 5) is 26.6. The number of aliphatic imine (C=N–C) groups is 1. The van der Waals surface area contributed by atoms with Crippen LogP contribution in [0.25, 0.3) is 0 Å². The van der Waals surface area contributed by atoms with Crippen molar-refractivity contribution in [2.45, 2.75) is 38.0 Å². The number of amides is 1. The van der Waals surface area contributed by atoms with E-state index in [-0.39, 0.29) is 11.3 Å². The van der Waals surface area contributed by atoms with Crippen LogP contribution in [0.5, 0.6) is 0 Å². The van der Waals surface area contributed by atoms with Gasteiger partial charge < -0.3 is 5.32 Å². The van der Waals surface area contributed by atoms with Crippen molar-refractivity contribution in [3.63, 3.8) is 0 Å². The Balaban J connectivity index is 1.36. The monoisotopic (exact) mass is 460 g/mol. The summed E-state index contributed by atoms with van der Waals surface area (Å²) < 4.78 is 0.874. The molecule has 1 aromatic carbocycles. The lowest BCUT2D eigenvalue weighted by Gasteiger charge is -2.41. The Morgan fingerprint density at radius 2 is 1.97 bits per heavy atom. The van der Waals surface area contributed by atoms with Crippen molar-refractivity contribution in [2.24, 2.45) is 4.99 Å². The van der Waals surface area contributed by atoms with Gasteiger partial charge in [-0.3, -0.25) is 9.78 Å². The molecule has 1 N–H and O–H groups in total. The largest absolute Gasteiger partial charge is 0.321 e. The number of hydrogen-bond donors (Lipinski definition) is 1. The molecule has 0 saturated heterocycles. The van der Waals surface area contributed by atoms with E-state index in [9.17, 15) is 4.79 Å². The van der Waals surface area contributed by atoms with Crippen molar-refractivity contribution in [2.75, 3.05) is 5.32 Å². The summed E-state index contributed by atoms with van der Waals surface area (Å²) >= 11 is 3.40. The molecule has 5 nitrogen and oxygen atoms in total. The average Bonchev–Trinajstić information content (AvgIpc) is 3.11. The van der Waals surface area contributed by atoms with Crippen molar-refractivity contribution in [1.29, 1.82) is 0 Å². The van der Waals surface area contributed by atoms with E-state index in [0.29, 0.717) is 11.3 Å². The Morgan fingerprint density at radius 1 is 1.10 bits per heavy atom. The van der Waals surface area contributed by atoms with Gasteiger partial charge in [0.2, 0.25) is 0 Å². The third-order valence-corrected chi connectivity index (χ3v) is 6.53. The van der Waals surface area contributed by atoms with Gasteiger partial charge in [-0.2, -0.15) is 0 Å². The molecule has 1 aliphatic heterocycles. The molecule has 0 unspecified atom stereocenters. The maximum absolute atomic E-state index is 12.5. The molecule has 3 heterocycles. The number of carbonyl (C=O) groups is 1. The number of aromatic nitrogens is 2. The lowest BCUT2D eigenvalue weighted by Crippen LogP contribution is -2.43. The second-order valence-corrected chi connectivity index (χ2v) is 8.98. The number of fused-ring (bicyclic) bond motifs is 1. The van der Waals surface area contributed by atoms with Gasteiger partial charge in [0.15, 0.2) is 5.82 Å². The van der Waals surface area contributed by atoms with Crippen LogP contribution in [-0.4, -0.2) is 21.6 Å². The van der Waals surface area contributed by atoms with Gasteiger partial charge >= 0.3 is 0 Å². The zero-order valence-electron chi connectivity index (χ0n) is 16.7. The fraction of sp³-hybridized carbons (Fsp3) is 0.250. The smallest absolute Gasteiger partial charge is 0.255 e. The van der Waals surface area contributed by atoms with E-state index in [1.165, 1.54) is 17.7 Å². The number of benzene rings is 1. The first-order valence-electron chi connectivity index (χ1n) is 10.1. The molecule has 0 spiro atoms. The lowest BCUT2D eigenvalue weighted by atomic mass is 9.62. The first-order chi connectivity index (χ1) is 14.5. The molecule has 0 bridgehead atoms. The molecule has 150 valence electrons. The third-order valence-electron chi connectivity index (χ3n) is 6.04. The molecule has 1 saturated carbocycles. The van der Waals surface area contributed by atoms with E-state index in [0.717, 1.165) is 40.8 Å². The maximum atomic E-state index is 12.5. The number of aryl methyl sites for hydroxylation is 1. The Kier molecular flexibility index (Phi) is 4.74. The molecule has 0 atom stereocenters. The molecule has 2 aliphatic rings. The van der Waals surface area contributed by atoms with Gasteiger partial charge in [0.05, 0.1) is 23.0 Å². The molecule has 30 heavy (non-hydrogen) atoms. The molecule has 1 fully saturated rings. The van der Waals surface area contributed by atoms with Gasteiger partial charge in [-0.1, -0.05) is 34.5 Å². The first kappa shape index (κ1) is 19.1. The molecular formula is C24H21BrN4O. The summed E-state index contributed by atoms with van der Waals surface area (Å²) in [6, 6.07) is 13.5. The number of nitrogens with one attached hydrogen (secondary N) is 1. The van der Waals surface area contributed by atoms with Gasteiger partial charge in [0.25, 0.3) is 5.91 Å². The highest BCUT2D eigenvalue weighted by atomic mass is 79.9. The molecule has 5 rings (SSSR count). The van der Waals surface area contributed by atoms with Gasteiger partial charge in [-0.25, -0.2) is 9.98 Å².